The summed E-state index contributed by atoms with van der Waals surface area (Å²) >= 11 is 3.38. The maximum Gasteiger partial charge on any atom is 0.106 e. The number of aromatic nitrogens is 1. The van der Waals surface area contributed by atoms with Crippen molar-refractivity contribution in [1.29, 1.82) is 0 Å². The number of nitrogens with zero attached hydrogens (tertiary/aromatic N) is 1. The van der Waals surface area contributed by atoms with Gasteiger partial charge in [0, 0.05) is 12.5 Å². The predicted octanol–water partition coefficient (Wildman–Crippen LogP) is 2.52. The maximum absolute atomic E-state index is 5.21. The summed E-state index contributed by atoms with van der Waals surface area (Å²) in [6, 6.07) is 6.06. The van der Waals surface area contributed by atoms with Gasteiger partial charge in [-0.15, -0.1) is 0 Å². The second-order valence-corrected chi connectivity index (χ2v) is 4.37. The number of ether oxygens (including phenoxy) is 1. The Morgan fingerprint density at radius 2 is 2.31 bits per heavy atom. The van der Waals surface area contributed by atoms with Gasteiger partial charge < -0.3 is 4.74 Å². The molecule has 13 heavy (non-hydrogen) atoms. The van der Waals surface area contributed by atoms with Crippen LogP contribution in [0.1, 0.15) is 18.5 Å². The zero-order chi connectivity index (χ0) is 9.31. The van der Waals surface area contributed by atoms with Crippen LogP contribution in [-0.4, -0.2) is 18.7 Å². The van der Waals surface area contributed by atoms with Crippen molar-refractivity contribution in [2.24, 2.45) is 0 Å². The number of hydrogen-bond donors (Lipinski definition) is 0. The SMILES string of the molecule is COCC1(c2cccc(Br)n2)CC1. The van der Waals surface area contributed by atoms with Crippen molar-refractivity contribution in [3.05, 3.63) is 28.5 Å². The van der Waals surface area contributed by atoms with Gasteiger partial charge >= 0.3 is 0 Å². The summed E-state index contributed by atoms with van der Waals surface area (Å²) in [6.45, 7) is 0.788. The number of rotatable bonds is 3. The van der Waals surface area contributed by atoms with Gasteiger partial charge in [0.25, 0.3) is 0 Å². The fourth-order valence-corrected chi connectivity index (χ4v) is 1.95. The Morgan fingerprint density at radius 1 is 1.54 bits per heavy atom. The van der Waals surface area contributed by atoms with E-state index in [1.165, 1.54) is 12.8 Å². The van der Waals surface area contributed by atoms with Gasteiger partial charge in [0.1, 0.15) is 4.60 Å². The molecule has 2 rings (SSSR count). The molecule has 3 heteroatoms. The molecule has 70 valence electrons. The minimum atomic E-state index is 0.221. The molecule has 0 amide bonds. The lowest BCUT2D eigenvalue weighted by Gasteiger charge is -2.12. The number of hydrogen-bond acceptors (Lipinski definition) is 2. The molecule has 1 aliphatic carbocycles. The zero-order valence-corrected chi connectivity index (χ0v) is 9.17. The third-order valence-corrected chi connectivity index (χ3v) is 2.97. The molecular formula is C10H12BrNO. The summed E-state index contributed by atoms with van der Waals surface area (Å²) in [5.41, 5.74) is 1.38. The smallest absolute Gasteiger partial charge is 0.106 e. The highest BCUT2D eigenvalue weighted by Gasteiger charge is 2.45. The number of pyridine rings is 1. The van der Waals surface area contributed by atoms with Crippen molar-refractivity contribution in [1.82, 2.24) is 4.98 Å². The van der Waals surface area contributed by atoms with Gasteiger partial charge in [-0.2, -0.15) is 0 Å². The van der Waals surface area contributed by atoms with Crippen molar-refractivity contribution >= 4 is 15.9 Å². The average Bonchev–Trinajstić information content (AvgIpc) is 2.86. The highest BCUT2D eigenvalue weighted by atomic mass is 79.9. The summed E-state index contributed by atoms with van der Waals surface area (Å²) in [7, 11) is 1.75. The van der Waals surface area contributed by atoms with Crippen LogP contribution in [0, 0.1) is 0 Å². The van der Waals surface area contributed by atoms with Gasteiger partial charge in [-0.25, -0.2) is 4.98 Å². The van der Waals surface area contributed by atoms with E-state index in [4.69, 9.17) is 4.74 Å². The van der Waals surface area contributed by atoms with Crippen LogP contribution >= 0.6 is 15.9 Å². The van der Waals surface area contributed by atoms with Crippen LogP contribution in [0.4, 0.5) is 0 Å². The van der Waals surface area contributed by atoms with E-state index in [2.05, 4.69) is 27.0 Å². The lowest BCUT2D eigenvalue weighted by molar-refractivity contribution is 0.170. The summed E-state index contributed by atoms with van der Waals surface area (Å²) in [4.78, 5) is 4.46. The Balaban J connectivity index is 2.25. The lowest BCUT2D eigenvalue weighted by Crippen LogP contribution is -2.15. The minimum Gasteiger partial charge on any atom is -0.384 e. The van der Waals surface area contributed by atoms with Gasteiger partial charge in [-0.3, -0.25) is 0 Å². The molecule has 1 fully saturated rings. The van der Waals surface area contributed by atoms with Crippen molar-refractivity contribution in [2.75, 3.05) is 13.7 Å². The van der Waals surface area contributed by atoms with Crippen LogP contribution in [0.25, 0.3) is 0 Å². The first-order chi connectivity index (χ1) is 6.27. The van der Waals surface area contributed by atoms with Crippen molar-refractivity contribution < 1.29 is 4.74 Å². The van der Waals surface area contributed by atoms with E-state index in [1.807, 2.05) is 12.1 Å². The van der Waals surface area contributed by atoms with Crippen LogP contribution in [0.3, 0.4) is 0 Å². The molecule has 0 bridgehead atoms. The van der Waals surface area contributed by atoms with Crippen molar-refractivity contribution in [3.8, 4) is 0 Å². The van der Waals surface area contributed by atoms with Crippen LogP contribution in [-0.2, 0) is 10.2 Å². The molecule has 0 unspecified atom stereocenters. The maximum atomic E-state index is 5.21. The van der Waals surface area contributed by atoms with Gasteiger partial charge in [0.2, 0.25) is 0 Å². The molecule has 1 saturated carbocycles. The minimum absolute atomic E-state index is 0.221. The standard InChI is InChI=1S/C10H12BrNO/c1-13-7-10(5-6-10)8-3-2-4-9(11)12-8/h2-4H,5-7H2,1H3. The molecule has 0 radical (unpaired) electrons. The first kappa shape index (κ1) is 9.16. The summed E-state index contributed by atoms with van der Waals surface area (Å²) in [5.74, 6) is 0. The van der Waals surface area contributed by atoms with Crippen molar-refractivity contribution in [2.45, 2.75) is 18.3 Å². The topological polar surface area (TPSA) is 22.1 Å². The van der Waals surface area contributed by atoms with Crippen LogP contribution < -0.4 is 0 Å². The van der Waals surface area contributed by atoms with E-state index >= 15 is 0 Å². The second kappa shape index (κ2) is 3.39. The van der Waals surface area contributed by atoms with E-state index in [0.717, 1.165) is 16.9 Å². The largest absolute Gasteiger partial charge is 0.384 e. The molecule has 1 aromatic heterocycles. The summed E-state index contributed by atoms with van der Waals surface area (Å²) < 4.78 is 6.12. The molecule has 0 saturated heterocycles. The molecule has 0 aliphatic heterocycles. The van der Waals surface area contributed by atoms with Gasteiger partial charge in [-0.1, -0.05) is 6.07 Å². The molecule has 0 aromatic carbocycles. The fraction of sp³-hybridized carbons (Fsp3) is 0.500. The molecule has 0 atom stereocenters. The third-order valence-electron chi connectivity index (χ3n) is 2.53. The van der Waals surface area contributed by atoms with Crippen molar-refractivity contribution in [3.63, 3.8) is 0 Å². The Labute approximate surface area is 86.5 Å². The second-order valence-electron chi connectivity index (χ2n) is 3.56. The monoisotopic (exact) mass is 241 g/mol. The lowest BCUT2D eigenvalue weighted by atomic mass is 10.0. The first-order valence-electron chi connectivity index (χ1n) is 4.39. The summed E-state index contributed by atoms with van der Waals surface area (Å²) in [6.07, 6.45) is 2.40. The van der Waals surface area contributed by atoms with E-state index in [0.29, 0.717) is 0 Å². The molecule has 0 N–H and O–H groups in total. The predicted molar refractivity (Wildman–Crippen MR) is 54.7 cm³/mol. The average molecular weight is 242 g/mol. The highest BCUT2D eigenvalue weighted by molar-refractivity contribution is 9.10. The third kappa shape index (κ3) is 1.76. The Bertz CT molecular complexity index is 310. The van der Waals surface area contributed by atoms with Gasteiger partial charge in [0.15, 0.2) is 0 Å². The number of methoxy groups -OCH3 is 1. The van der Waals surface area contributed by atoms with Gasteiger partial charge in [-0.05, 0) is 40.9 Å². The molecule has 0 spiro atoms. The normalized spacial score (nSPS) is 18.6. The molecule has 1 heterocycles. The van der Waals surface area contributed by atoms with E-state index in [9.17, 15) is 0 Å². The van der Waals surface area contributed by atoms with Crippen LogP contribution in [0.5, 0.6) is 0 Å². The van der Waals surface area contributed by atoms with E-state index in [-0.39, 0.29) is 5.41 Å². The van der Waals surface area contributed by atoms with E-state index < -0.39 is 0 Å². The Morgan fingerprint density at radius 3 is 2.85 bits per heavy atom. The molecule has 1 aromatic rings. The van der Waals surface area contributed by atoms with Crippen LogP contribution in [0.15, 0.2) is 22.8 Å². The quantitative estimate of drug-likeness (QED) is 0.760. The first-order valence-corrected chi connectivity index (χ1v) is 5.18. The molecular weight excluding hydrogens is 230 g/mol. The fourth-order valence-electron chi connectivity index (χ4n) is 1.61. The molecule has 2 nitrogen and oxygen atoms in total. The van der Waals surface area contributed by atoms with E-state index in [1.54, 1.807) is 7.11 Å². The Kier molecular flexibility index (Phi) is 2.39. The Hall–Kier alpha value is -0.410. The molecule has 1 aliphatic rings. The van der Waals surface area contributed by atoms with Crippen LogP contribution in [0.2, 0.25) is 0 Å². The van der Waals surface area contributed by atoms with Gasteiger partial charge in [0.05, 0.1) is 12.3 Å². The number of halogens is 1. The summed E-state index contributed by atoms with van der Waals surface area (Å²) in [5, 5.41) is 0. The highest BCUT2D eigenvalue weighted by Crippen LogP contribution is 2.47. The zero-order valence-electron chi connectivity index (χ0n) is 7.59.